The Hall–Kier alpha value is -3.30. The summed E-state index contributed by atoms with van der Waals surface area (Å²) < 4.78 is 32.1. The van der Waals surface area contributed by atoms with Crippen LogP contribution in [0, 0.1) is 13.8 Å². The van der Waals surface area contributed by atoms with Gasteiger partial charge in [0, 0.05) is 12.4 Å². The lowest BCUT2D eigenvalue weighted by Crippen LogP contribution is -2.35. The van der Waals surface area contributed by atoms with Gasteiger partial charge in [-0.25, -0.2) is 13.4 Å². The van der Waals surface area contributed by atoms with E-state index in [0.29, 0.717) is 10.9 Å². The molecule has 0 unspecified atom stereocenters. The standard InChI is InChI=1S/C24H23N3O4S2/c1-16-4-5-17(2)23-22(16)26-24(32-23)27(14-18-10-12-25-13-11-18)21(28)15-33(29,30)20-8-6-19(31-3)7-9-20/h4-13H,14-15H2,1-3H3. The van der Waals surface area contributed by atoms with Crippen LogP contribution in [-0.4, -0.2) is 37.2 Å². The average Bonchev–Trinajstić information content (AvgIpc) is 3.27. The van der Waals surface area contributed by atoms with Crippen molar-refractivity contribution in [2.45, 2.75) is 25.3 Å². The molecule has 1 amide bonds. The molecule has 0 bridgehead atoms. The van der Waals surface area contributed by atoms with Crippen LogP contribution in [0.25, 0.3) is 10.2 Å². The summed E-state index contributed by atoms with van der Waals surface area (Å²) in [5.74, 6) is -0.671. The van der Waals surface area contributed by atoms with Gasteiger partial charge in [0.05, 0.1) is 28.8 Å². The lowest BCUT2D eigenvalue weighted by molar-refractivity contribution is -0.116. The fraction of sp³-hybridized carbons (Fsp3) is 0.208. The quantitative estimate of drug-likeness (QED) is 0.390. The van der Waals surface area contributed by atoms with Gasteiger partial charge in [0.1, 0.15) is 11.5 Å². The van der Waals surface area contributed by atoms with Gasteiger partial charge in [0.25, 0.3) is 0 Å². The minimum atomic E-state index is -3.86. The number of thiazole rings is 1. The number of rotatable bonds is 7. The van der Waals surface area contributed by atoms with Crippen LogP contribution in [0.5, 0.6) is 5.75 Å². The Bertz CT molecular complexity index is 1360. The third kappa shape index (κ3) is 4.89. The summed E-state index contributed by atoms with van der Waals surface area (Å²) >= 11 is 1.39. The SMILES string of the molecule is COc1ccc(S(=O)(=O)CC(=O)N(Cc2ccncc2)c2nc3c(C)ccc(C)c3s2)cc1. The van der Waals surface area contributed by atoms with E-state index in [1.165, 1.54) is 35.5 Å². The first kappa shape index (κ1) is 22.9. The van der Waals surface area contributed by atoms with E-state index >= 15 is 0 Å². The number of hydrogen-bond donors (Lipinski definition) is 0. The molecular formula is C24H23N3O4S2. The number of pyridine rings is 1. The van der Waals surface area contributed by atoms with Crippen molar-refractivity contribution in [3.63, 3.8) is 0 Å². The molecule has 4 rings (SSSR count). The van der Waals surface area contributed by atoms with E-state index in [4.69, 9.17) is 9.72 Å². The highest BCUT2D eigenvalue weighted by Crippen LogP contribution is 2.34. The summed E-state index contributed by atoms with van der Waals surface area (Å²) in [7, 11) is -2.35. The van der Waals surface area contributed by atoms with Gasteiger partial charge in [-0.05, 0) is 66.9 Å². The van der Waals surface area contributed by atoms with Gasteiger partial charge in [-0.3, -0.25) is 14.7 Å². The van der Waals surface area contributed by atoms with Gasteiger partial charge < -0.3 is 4.74 Å². The molecule has 0 radical (unpaired) electrons. The van der Waals surface area contributed by atoms with E-state index in [1.54, 1.807) is 36.7 Å². The summed E-state index contributed by atoms with van der Waals surface area (Å²) in [5, 5.41) is 0.467. The second-order valence-corrected chi connectivity index (χ2v) is 10.6. The number of benzene rings is 2. The largest absolute Gasteiger partial charge is 0.497 e. The van der Waals surface area contributed by atoms with E-state index in [-0.39, 0.29) is 11.4 Å². The number of anilines is 1. The molecule has 2 aromatic heterocycles. The van der Waals surface area contributed by atoms with Gasteiger partial charge in [0.2, 0.25) is 5.91 Å². The van der Waals surface area contributed by atoms with Gasteiger partial charge in [-0.15, -0.1) is 0 Å². The molecule has 0 aliphatic carbocycles. The lowest BCUT2D eigenvalue weighted by Gasteiger charge is -2.20. The van der Waals surface area contributed by atoms with Crippen molar-refractivity contribution in [2.75, 3.05) is 17.8 Å². The number of aryl methyl sites for hydroxylation is 2. The molecule has 170 valence electrons. The second-order valence-electron chi connectivity index (χ2n) is 7.64. The molecule has 0 atom stereocenters. The topological polar surface area (TPSA) is 89.5 Å². The van der Waals surface area contributed by atoms with Gasteiger partial charge in [0.15, 0.2) is 15.0 Å². The average molecular weight is 482 g/mol. The monoisotopic (exact) mass is 481 g/mol. The Labute approximate surface area is 196 Å². The van der Waals surface area contributed by atoms with Crippen molar-refractivity contribution < 1.29 is 17.9 Å². The number of amides is 1. The van der Waals surface area contributed by atoms with E-state index in [0.717, 1.165) is 26.9 Å². The summed E-state index contributed by atoms with van der Waals surface area (Å²) in [6.45, 7) is 4.15. The molecule has 0 N–H and O–H groups in total. The minimum absolute atomic E-state index is 0.0662. The summed E-state index contributed by atoms with van der Waals surface area (Å²) in [5.41, 5.74) is 3.70. The molecule has 0 fully saturated rings. The fourth-order valence-electron chi connectivity index (χ4n) is 3.40. The van der Waals surface area contributed by atoms with Crippen molar-refractivity contribution in [2.24, 2.45) is 0 Å². The molecule has 0 spiro atoms. The Balaban J connectivity index is 1.71. The van der Waals surface area contributed by atoms with Crippen LogP contribution in [0.4, 0.5) is 5.13 Å². The van der Waals surface area contributed by atoms with Crippen LogP contribution in [0.1, 0.15) is 16.7 Å². The fourth-order valence-corrected chi connectivity index (χ4v) is 5.73. The van der Waals surface area contributed by atoms with Crippen LogP contribution in [-0.2, 0) is 21.2 Å². The van der Waals surface area contributed by atoms with Crippen molar-refractivity contribution >= 4 is 42.4 Å². The Kier molecular flexibility index (Phi) is 6.44. The molecular weight excluding hydrogens is 458 g/mol. The third-order valence-electron chi connectivity index (χ3n) is 5.28. The lowest BCUT2D eigenvalue weighted by atomic mass is 10.1. The van der Waals surface area contributed by atoms with E-state index in [9.17, 15) is 13.2 Å². The Morgan fingerprint density at radius 1 is 1.00 bits per heavy atom. The molecule has 7 nitrogen and oxygen atoms in total. The second kappa shape index (κ2) is 9.29. The number of aromatic nitrogens is 2. The highest BCUT2D eigenvalue weighted by Gasteiger charge is 2.27. The number of fused-ring (bicyclic) bond motifs is 1. The van der Waals surface area contributed by atoms with Crippen LogP contribution < -0.4 is 9.64 Å². The van der Waals surface area contributed by atoms with Crippen LogP contribution in [0.15, 0.2) is 65.8 Å². The summed E-state index contributed by atoms with van der Waals surface area (Å²) in [6, 6.07) is 13.6. The zero-order valence-electron chi connectivity index (χ0n) is 18.5. The zero-order chi connectivity index (χ0) is 23.6. The maximum Gasteiger partial charge on any atom is 0.244 e. The van der Waals surface area contributed by atoms with Crippen molar-refractivity contribution in [1.82, 2.24) is 9.97 Å². The molecule has 33 heavy (non-hydrogen) atoms. The Morgan fingerprint density at radius 3 is 2.30 bits per heavy atom. The van der Waals surface area contributed by atoms with E-state index in [2.05, 4.69) is 4.98 Å². The van der Waals surface area contributed by atoms with Gasteiger partial charge >= 0.3 is 0 Å². The number of hydrogen-bond acceptors (Lipinski definition) is 7. The number of ether oxygens (including phenoxy) is 1. The van der Waals surface area contributed by atoms with Crippen LogP contribution in [0.2, 0.25) is 0 Å². The zero-order valence-corrected chi connectivity index (χ0v) is 20.1. The number of carbonyl (C=O) groups excluding carboxylic acids is 1. The smallest absolute Gasteiger partial charge is 0.244 e. The number of methoxy groups -OCH3 is 1. The number of nitrogens with zero attached hydrogens (tertiary/aromatic N) is 3. The van der Waals surface area contributed by atoms with Gasteiger partial charge in [-0.1, -0.05) is 23.5 Å². The van der Waals surface area contributed by atoms with E-state index < -0.39 is 21.5 Å². The first-order chi connectivity index (χ1) is 15.8. The minimum Gasteiger partial charge on any atom is -0.497 e. The number of carbonyl (C=O) groups is 1. The Morgan fingerprint density at radius 2 is 1.67 bits per heavy atom. The van der Waals surface area contributed by atoms with Crippen LogP contribution >= 0.6 is 11.3 Å². The molecule has 9 heteroatoms. The van der Waals surface area contributed by atoms with Crippen LogP contribution in [0.3, 0.4) is 0 Å². The normalized spacial score (nSPS) is 11.5. The molecule has 0 aliphatic heterocycles. The third-order valence-corrected chi connectivity index (χ3v) is 8.12. The predicted octanol–water partition coefficient (Wildman–Crippen LogP) is 4.32. The van der Waals surface area contributed by atoms with Crippen molar-refractivity contribution in [3.8, 4) is 5.75 Å². The maximum atomic E-state index is 13.4. The number of sulfone groups is 1. The maximum absolute atomic E-state index is 13.4. The molecule has 4 aromatic rings. The molecule has 0 aliphatic rings. The molecule has 2 aromatic carbocycles. The molecule has 0 saturated carbocycles. The van der Waals surface area contributed by atoms with E-state index in [1.807, 2.05) is 26.0 Å². The van der Waals surface area contributed by atoms with Crippen molar-refractivity contribution in [3.05, 3.63) is 77.6 Å². The first-order valence-electron chi connectivity index (χ1n) is 10.2. The molecule has 0 saturated heterocycles. The predicted molar refractivity (Wildman–Crippen MR) is 130 cm³/mol. The van der Waals surface area contributed by atoms with Crippen molar-refractivity contribution in [1.29, 1.82) is 0 Å². The summed E-state index contributed by atoms with van der Waals surface area (Å²) in [4.78, 5) is 23.6. The summed E-state index contributed by atoms with van der Waals surface area (Å²) in [6.07, 6.45) is 3.28. The highest BCUT2D eigenvalue weighted by atomic mass is 32.2. The van der Waals surface area contributed by atoms with Gasteiger partial charge in [-0.2, -0.15) is 0 Å². The molecule has 2 heterocycles. The first-order valence-corrected chi connectivity index (χ1v) is 12.7. The highest BCUT2D eigenvalue weighted by molar-refractivity contribution is 7.92.